The molecule has 0 saturated carbocycles. The molecule has 6 heteroatoms. The highest BCUT2D eigenvalue weighted by Gasteiger charge is 2.52. The lowest BCUT2D eigenvalue weighted by molar-refractivity contribution is -0.135. The van der Waals surface area contributed by atoms with Gasteiger partial charge in [-0.05, 0) is 43.3 Å². The summed E-state index contributed by atoms with van der Waals surface area (Å²) in [4.78, 5) is 25.3. The van der Waals surface area contributed by atoms with Gasteiger partial charge in [-0.1, -0.05) is 48.5 Å². The van der Waals surface area contributed by atoms with Crippen molar-refractivity contribution >= 4 is 17.7 Å². The van der Waals surface area contributed by atoms with Crippen LogP contribution in [-0.2, 0) is 15.1 Å². The van der Waals surface area contributed by atoms with Crippen LogP contribution in [0.4, 0.5) is 10.5 Å². The van der Waals surface area contributed by atoms with E-state index in [-0.39, 0.29) is 0 Å². The van der Waals surface area contributed by atoms with Gasteiger partial charge < -0.3 is 9.47 Å². The third-order valence-electron chi connectivity index (χ3n) is 4.46. The van der Waals surface area contributed by atoms with E-state index in [1.165, 1.54) is 0 Å². The van der Waals surface area contributed by atoms with Crippen molar-refractivity contribution in [2.24, 2.45) is 0 Å². The number of anilines is 1. The highest BCUT2D eigenvalue weighted by atomic mass is 16.6. The monoisotopic (exact) mass is 374 g/mol. The van der Waals surface area contributed by atoms with Crippen molar-refractivity contribution in [3.8, 4) is 11.5 Å². The maximum Gasteiger partial charge on any atom is 0.437 e. The second-order valence-corrected chi connectivity index (χ2v) is 6.46. The van der Waals surface area contributed by atoms with E-state index in [1.807, 2.05) is 36.4 Å². The van der Waals surface area contributed by atoms with Crippen LogP contribution in [0, 0.1) is 0 Å². The molecule has 2 amide bonds. The average molecular weight is 374 g/mol. The fourth-order valence-corrected chi connectivity index (χ4v) is 2.96. The minimum atomic E-state index is -1.45. The Morgan fingerprint density at radius 1 is 0.857 bits per heavy atom. The Bertz CT molecular complexity index is 1010. The Morgan fingerprint density at radius 2 is 1.50 bits per heavy atom. The molecule has 1 heterocycles. The number of ether oxygens (including phenoxy) is 2. The first-order valence-electron chi connectivity index (χ1n) is 8.79. The van der Waals surface area contributed by atoms with Crippen LogP contribution in [0.2, 0.25) is 0 Å². The third-order valence-corrected chi connectivity index (χ3v) is 4.46. The number of nitrogens with zero attached hydrogens (tertiary/aromatic N) is 1. The smallest absolute Gasteiger partial charge is 0.437 e. The average Bonchev–Trinajstić information content (AvgIpc) is 2.94. The van der Waals surface area contributed by atoms with E-state index in [1.54, 1.807) is 55.5 Å². The number of carbonyl (C=O) groups excluding carboxylic acids is 2. The summed E-state index contributed by atoms with van der Waals surface area (Å²) in [6, 6.07) is 25.2. The molecule has 1 N–H and O–H groups in total. The van der Waals surface area contributed by atoms with Gasteiger partial charge in [-0.25, -0.2) is 4.79 Å². The summed E-state index contributed by atoms with van der Waals surface area (Å²) in [6.45, 7) is 1.57. The first-order chi connectivity index (χ1) is 13.6. The molecule has 3 aromatic carbocycles. The fraction of sp³-hybridized carbons (Fsp3) is 0.0909. The van der Waals surface area contributed by atoms with Gasteiger partial charge in [0.25, 0.3) is 5.91 Å². The maximum atomic E-state index is 13.0. The molecule has 0 spiro atoms. The molecule has 28 heavy (non-hydrogen) atoms. The van der Waals surface area contributed by atoms with Gasteiger partial charge in [0.15, 0.2) is 0 Å². The van der Waals surface area contributed by atoms with Crippen LogP contribution in [0.25, 0.3) is 0 Å². The number of cyclic esters (lactones) is 1. The van der Waals surface area contributed by atoms with E-state index < -0.39 is 17.6 Å². The second-order valence-electron chi connectivity index (χ2n) is 6.46. The number of hydrogen-bond donors (Lipinski definition) is 1. The Balaban J connectivity index is 1.59. The molecule has 0 radical (unpaired) electrons. The quantitative estimate of drug-likeness (QED) is 0.701. The largest absolute Gasteiger partial charge is 0.457 e. The van der Waals surface area contributed by atoms with Gasteiger partial charge in [0.05, 0.1) is 5.69 Å². The first-order valence-corrected chi connectivity index (χ1v) is 8.79. The number of carbonyl (C=O) groups is 2. The van der Waals surface area contributed by atoms with Gasteiger partial charge in [0.1, 0.15) is 11.5 Å². The molecule has 1 unspecified atom stereocenters. The zero-order chi connectivity index (χ0) is 19.6. The lowest BCUT2D eigenvalue weighted by Crippen LogP contribution is -2.40. The van der Waals surface area contributed by atoms with Crippen molar-refractivity contribution in [1.29, 1.82) is 0 Å². The number of hydrazine groups is 1. The second kappa shape index (κ2) is 7.08. The molecule has 3 aromatic rings. The van der Waals surface area contributed by atoms with Crippen molar-refractivity contribution in [3.63, 3.8) is 0 Å². The van der Waals surface area contributed by atoms with Gasteiger partial charge in [0, 0.05) is 5.56 Å². The summed E-state index contributed by atoms with van der Waals surface area (Å²) < 4.78 is 11.3. The zero-order valence-corrected chi connectivity index (χ0v) is 15.2. The summed E-state index contributed by atoms with van der Waals surface area (Å²) in [7, 11) is 0. The van der Waals surface area contributed by atoms with Crippen LogP contribution >= 0.6 is 0 Å². The number of amides is 2. The Hall–Kier alpha value is -3.80. The Kier molecular flexibility index (Phi) is 4.45. The van der Waals surface area contributed by atoms with E-state index >= 15 is 0 Å². The Labute approximate surface area is 162 Å². The summed E-state index contributed by atoms with van der Waals surface area (Å²) in [5.74, 6) is 0.716. The molecular weight excluding hydrogens is 356 g/mol. The predicted molar refractivity (Wildman–Crippen MR) is 104 cm³/mol. The molecule has 1 atom stereocenters. The Morgan fingerprint density at radius 3 is 2.21 bits per heavy atom. The molecule has 0 aliphatic carbocycles. The van der Waals surface area contributed by atoms with Crippen molar-refractivity contribution in [1.82, 2.24) is 5.01 Å². The molecule has 1 aliphatic rings. The van der Waals surface area contributed by atoms with E-state index in [9.17, 15) is 9.59 Å². The van der Waals surface area contributed by atoms with E-state index in [2.05, 4.69) is 5.43 Å². The van der Waals surface area contributed by atoms with E-state index in [0.29, 0.717) is 22.7 Å². The van der Waals surface area contributed by atoms with Gasteiger partial charge in [0.2, 0.25) is 5.60 Å². The summed E-state index contributed by atoms with van der Waals surface area (Å²) in [5, 5.41) is 0.889. The molecule has 6 nitrogen and oxygen atoms in total. The van der Waals surface area contributed by atoms with Crippen molar-refractivity contribution in [2.75, 3.05) is 5.43 Å². The first kappa shape index (κ1) is 17.6. The molecule has 4 rings (SSSR count). The number of rotatable bonds is 5. The summed E-state index contributed by atoms with van der Waals surface area (Å²) in [6.07, 6.45) is -0.759. The van der Waals surface area contributed by atoms with E-state index in [0.717, 1.165) is 5.01 Å². The lowest BCUT2D eigenvalue weighted by atomic mass is 9.95. The number of nitrogens with one attached hydrogen (secondary N) is 1. The topological polar surface area (TPSA) is 67.9 Å². The van der Waals surface area contributed by atoms with Gasteiger partial charge in [-0.2, -0.15) is 0 Å². The van der Waals surface area contributed by atoms with E-state index in [4.69, 9.17) is 9.47 Å². The minimum Gasteiger partial charge on any atom is -0.457 e. The van der Waals surface area contributed by atoms with Crippen molar-refractivity contribution in [3.05, 3.63) is 90.5 Å². The van der Waals surface area contributed by atoms with Gasteiger partial charge in [-0.15, -0.1) is 5.01 Å². The standard InChI is InChI=1S/C22H18N2O4/c1-22(16-9-8-14-19(15-16)27-18-12-6-3-7-13-18)20(25)24(21(26)28-22)23-17-10-4-2-5-11-17/h2-15,23H,1H3. The highest BCUT2D eigenvalue weighted by Crippen LogP contribution is 2.36. The zero-order valence-electron chi connectivity index (χ0n) is 15.2. The maximum absolute atomic E-state index is 13.0. The number of imide groups is 1. The molecule has 140 valence electrons. The van der Waals surface area contributed by atoms with Gasteiger partial charge >= 0.3 is 6.09 Å². The van der Waals surface area contributed by atoms with Crippen molar-refractivity contribution in [2.45, 2.75) is 12.5 Å². The number of hydrogen-bond acceptors (Lipinski definition) is 5. The highest BCUT2D eigenvalue weighted by molar-refractivity contribution is 6.04. The fourth-order valence-electron chi connectivity index (χ4n) is 2.96. The molecule has 1 fully saturated rings. The number of para-hydroxylation sites is 2. The molecule has 0 aromatic heterocycles. The summed E-state index contributed by atoms with van der Waals surface area (Å²) in [5.41, 5.74) is 2.48. The molecular formula is C22H18N2O4. The van der Waals surface area contributed by atoms with Crippen LogP contribution in [0.1, 0.15) is 12.5 Å². The summed E-state index contributed by atoms with van der Waals surface area (Å²) >= 11 is 0. The SMILES string of the molecule is CC1(c2cccc(Oc3ccccc3)c2)OC(=O)N(Nc2ccccc2)C1=O. The predicted octanol–water partition coefficient (Wildman–Crippen LogP) is 4.70. The normalized spacial score (nSPS) is 18.7. The molecule has 1 saturated heterocycles. The third kappa shape index (κ3) is 3.27. The molecule has 1 aliphatic heterocycles. The minimum absolute atomic E-state index is 0.502. The van der Waals surface area contributed by atoms with Crippen LogP contribution < -0.4 is 10.2 Å². The van der Waals surface area contributed by atoms with Crippen LogP contribution in [-0.4, -0.2) is 17.0 Å². The molecule has 0 bridgehead atoms. The lowest BCUT2D eigenvalue weighted by Gasteiger charge is -2.21. The van der Waals surface area contributed by atoms with Crippen LogP contribution in [0.3, 0.4) is 0 Å². The van der Waals surface area contributed by atoms with Gasteiger partial charge in [-0.3, -0.25) is 10.2 Å². The number of benzene rings is 3. The van der Waals surface area contributed by atoms with Crippen LogP contribution in [0.15, 0.2) is 84.9 Å². The van der Waals surface area contributed by atoms with Crippen molar-refractivity contribution < 1.29 is 19.1 Å². The van der Waals surface area contributed by atoms with Crippen LogP contribution in [0.5, 0.6) is 11.5 Å².